The van der Waals surface area contributed by atoms with Gasteiger partial charge in [-0.2, -0.15) is 0 Å². The van der Waals surface area contributed by atoms with Gasteiger partial charge in [-0.25, -0.2) is 12.8 Å². The smallest absolute Gasteiger partial charge is 0.264 e. The molecule has 4 aromatic rings. The van der Waals surface area contributed by atoms with Crippen LogP contribution in [0.15, 0.2) is 108 Å². The minimum Gasteiger partial charge on any atom is -0.486 e. The number of amides is 2. The Morgan fingerprint density at radius 2 is 1.43 bits per heavy atom. The third kappa shape index (κ3) is 7.84. The standard InChI is InChI=1S/C35H36FN3O6S/c1-25(2)37-35(41)31(21-26-9-5-3-6-10-26)38(23-27-11-7-4-8-12-27)34(40)24-39(29-15-13-28(36)14-16-29)46(42,43)30-17-18-32-33(22-30)45-20-19-44-32/h3-18,22,25,31H,19-21,23-24H2,1-2H3,(H,37,41). The monoisotopic (exact) mass is 645 g/mol. The Hall–Kier alpha value is -4.90. The molecule has 1 aliphatic rings. The van der Waals surface area contributed by atoms with E-state index in [-0.39, 0.29) is 47.9 Å². The second-order valence-corrected chi connectivity index (χ2v) is 13.0. The molecule has 5 rings (SSSR count). The van der Waals surface area contributed by atoms with E-state index in [9.17, 15) is 22.4 Å². The highest BCUT2D eigenvalue weighted by Crippen LogP contribution is 2.34. The van der Waals surface area contributed by atoms with E-state index >= 15 is 0 Å². The Morgan fingerprint density at radius 3 is 2.07 bits per heavy atom. The molecule has 0 saturated carbocycles. The van der Waals surface area contributed by atoms with E-state index in [0.29, 0.717) is 12.4 Å². The van der Waals surface area contributed by atoms with Gasteiger partial charge in [-0.3, -0.25) is 13.9 Å². The largest absolute Gasteiger partial charge is 0.486 e. The summed E-state index contributed by atoms with van der Waals surface area (Å²) >= 11 is 0. The molecular formula is C35H36FN3O6S. The van der Waals surface area contributed by atoms with Gasteiger partial charge in [0.05, 0.1) is 10.6 Å². The summed E-state index contributed by atoms with van der Waals surface area (Å²) in [6.45, 7) is 3.64. The molecule has 1 N–H and O–H groups in total. The molecule has 0 fully saturated rings. The third-order valence-corrected chi connectivity index (χ3v) is 9.16. The number of ether oxygens (including phenoxy) is 2. The van der Waals surface area contributed by atoms with Crippen LogP contribution < -0.4 is 19.1 Å². The van der Waals surface area contributed by atoms with Gasteiger partial charge in [0, 0.05) is 25.1 Å². The molecule has 240 valence electrons. The average Bonchev–Trinajstić information content (AvgIpc) is 3.06. The van der Waals surface area contributed by atoms with E-state index in [1.54, 1.807) is 0 Å². The maximum Gasteiger partial charge on any atom is 0.264 e. The SMILES string of the molecule is CC(C)NC(=O)C(Cc1ccccc1)N(Cc1ccccc1)C(=O)CN(c1ccc(F)cc1)S(=O)(=O)c1ccc2c(c1)OCCO2. The maximum atomic E-state index is 14.5. The molecule has 46 heavy (non-hydrogen) atoms. The van der Waals surface area contributed by atoms with E-state index in [0.717, 1.165) is 27.6 Å². The van der Waals surface area contributed by atoms with Gasteiger partial charge in [0.25, 0.3) is 10.0 Å². The highest BCUT2D eigenvalue weighted by molar-refractivity contribution is 7.92. The molecule has 2 amide bonds. The van der Waals surface area contributed by atoms with E-state index in [2.05, 4.69) is 5.32 Å². The van der Waals surface area contributed by atoms with Gasteiger partial charge < -0.3 is 19.7 Å². The fourth-order valence-electron chi connectivity index (χ4n) is 5.16. The number of nitrogens with one attached hydrogen (secondary N) is 1. The minimum absolute atomic E-state index is 0.0457. The quantitative estimate of drug-likeness (QED) is 0.234. The van der Waals surface area contributed by atoms with Crippen molar-refractivity contribution in [2.24, 2.45) is 0 Å². The number of anilines is 1. The van der Waals surface area contributed by atoms with Gasteiger partial charge >= 0.3 is 0 Å². The van der Waals surface area contributed by atoms with Crippen LogP contribution >= 0.6 is 0 Å². The number of fused-ring (bicyclic) bond motifs is 1. The first-order chi connectivity index (χ1) is 22.1. The lowest BCUT2D eigenvalue weighted by molar-refractivity contribution is -0.140. The Morgan fingerprint density at radius 1 is 0.826 bits per heavy atom. The molecule has 1 atom stereocenters. The summed E-state index contributed by atoms with van der Waals surface area (Å²) in [6.07, 6.45) is 0.198. The number of carbonyl (C=O) groups is 2. The first-order valence-electron chi connectivity index (χ1n) is 15.0. The molecule has 0 radical (unpaired) electrons. The Labute approximate surface area is 268 Å². The molecule has 4 aromatic carbocycles. The zero-order valence-electron chi connectivity index (χ0n) is 25.6. The number of halogens is 1. The fraction of sp³-hybridized carbons (Fsp3) is 0.257. The summed E-state index contributed by atoms with van der Waals surface area (Å²) in [7, 11) is -4.40. The van der Waals surface area contributed by atoms with Crippen LogP contribution in [0.4, 0.5) is 10.1 Å². The summed E-state index contributed by atoms with van der Waals surface area (Å²) in [5.74, 6) is -0.883. The lowest BCUT2D eigenvalue weighted by atomic mass is 10.0. The lowest BCUT2D eigenvalue weighted by Gasteiger charge is -2.34. The number of hydrogen-bond acceptors (Lipinski definition) is 6. The minimum atomic E-state index is -4.40. The molecule has 11 heteroatoms. The normalized spacial score (nSPS) is 13.1. The average molecular weight is 646 g/mol. The first kappa shape index (κ1) is 32.5. The molecule has 0 bridgehead atoms. The number of hydrogen-bond donors (Lipinski definition) is 1. The lowest BCUT2D eigenvalue weighted by Crippen LogP contribution is -2.54. The van der Waals surface area contributed by atoms with E-state index in [1.807, 2.05) is 74.5 Å². The molecule has 1 unspecified atom stereocenters. The van der Waals surface area contributed by atoms with Crippen LogP contribution in [-0.4, -0.2) is 57.0 Å². The highest BCUT2D eigenvalue weighted by atomic mass is 32.2. The highest BCUT2D eigenvalue weighted by Gasteiger charge is 2.35. The van der Waals surface area contributed by atoms with E-state index in [4.69, 9.17) is 9.47 Å². The number of nitrogens with zero attached hydrogens (tertiary/aromatic N) is 2. The van der Waals surface area contributed by atoms with Gasteiger partial charge in [-0.15, -0.1) is 0 Å². The van der Waals surface area contributed by atoms with Crippen molar-refractivity contribution in [3.63, 3.8) is 0 Å². The van der Waals surface area contributed by atoms with Crippen LogP contribution in [0.3, 0.4) is 0 Å². The molecular weight excluding hydrogens is 609 g/mol. The maximum absolute atomic E-state index is 14.5. The topological polar surface area (TPSA) is 105 Å². The Bertz CT molecular complexity index is 1750. The van der Waals surface area contributed by atoms with Gasteiger partial charge in [-0.05, 0) is 61.4 Å². The zero-order chi connectivity index (χ0) is 32.7. The van der Waals surface area contributed by atoms with Crippen molar-refractivity contribution in [2.45, 2.75) is 43.8 Å². The van der Waals surface area contributed by atoms with Gasteiger partial charge in [-0.1, -0.05) is 60.7 Å². The summed E-state index contributed by atoms with van der Waals surface area (Å²) in [6, 6.07) is 26.4. The number of rotatable bonds is 12. The third-order valence-electron chi connectivity index (χ3n) is 7.39. The predicted molar refractivity (Wildman–Crippen MR) is 173 cm³/mol. The predicted octanol–water partition coefficient (Wildman–Crippen LogP) is 4.96. The van der Waals surface area contributed by atoms with Crippen LogP contribution in [0.2, 0.25) is 0 Å². The van der Waals surface area contributed by atoms with Gasteiger partial charge in [0.15, 0.2) is 11.5 Å². The second kappa shape index (κ2) is 14.5. The van der Waals surface area contributed by atoms with E-state index in [1.165, 1.54) is 35.2 Å². The number of sulfonamides is 1. The fourth-order valence-corrected chi connectivity index (χ4v) is 6.59. The molecule has 1 heterocycles. The van der Waals surface area contributed by atoms with Crippen molar-refractivity contribution in [1.82, 2.24) is 10.2 Å². The van der Waals surface area contributed by atoms with Crippen molar-refractivity contribution in [2.75, 3.05) is 24.1 Å². The molecule has 0 aliphatic carbocycles. The van der Waals surface area contributed by atoms with Crippen molar-refractivity contribution in [3.8, 4) is 11.5 Å². The van der Waals surface area contributed by atoms with E-state index < -0.39 is 34.3 Å². The summed E-state index contributed by atoms with van der Waals surface area (Å²) in [5.41, 5.74) is 1.67. The summed E-state index contributed by atoms with van der Waals surface area (Å²) < 4.78 is 54.6. The summed E-state index contributed by atoms with van der Waals surface area (Å²) in [5, 5.41) is 2.93. The second-order valence-electron chi connectivity index (χ2n) is 11.2. The zero-order valence-corrected chi connectivity index (χ0v) is 26.5. The Kier molecular flexibility index (Phi) is 10.2. The van der Waals surface area contributed by atoms with Crippen LogP contribution in [0.25, 0.3) is 0 Å². The van der Waals surface area contributed by atoms with Crippen LogP contribution in [0, 0.1) is 5.82 Å². The summed E-state index contributed by atoms with van der Waals surface area (Å²) in [4.78, 5) is 29.5. The first-order valence-corrected chi connectivity index (χ1v) is 16.4. The van der Waals surface area contributed by atoms with Crippen molar-refractivity contribution in [3.05, 3.63) is 120 Å². The van der Waals surface area contributed by atoms with Crippen molar-refractivity contribution in [1.29, 1.82) is 0 Å². The molecule has 9 nitrogen and oxygen atoms in total. The van der Waals surface area contributed by atoms with Crippen molar-refractivity contribution < 1.29 is 31.9 Å². The molecule has 1 aliphatic heterocycles. The molecule has 0 saturated heterocycles. The van der Waals surface area contributed by atoms with Gasteiger partial charge in [0.2, 0.25) is 11.8 Å². The van der Waals surface area contributed by atoms with Crippen molar-refractivity contribution >= 4 is 27.5 Å². The Balaban J connectivity index is 1.56. The van der Waals surface area contributed by atoms with Crippen LogP contribution in [0.5, 0.6) is 11.5 Å². The number of carbonyl (C=O) groups excluding carboxylic acids is 2. The molecule has 0 aromatic heterocycles. The van der Waals surface area contributed by atoms with Gasteiger partial charge in [0.1, 0.15) is 31.6 Å². The van der Waals surface area contributed by atoms with Crippen LogP contribution in [-0.2, 0) is 32.6 Å². The van der Waals surface area contributed by atoms with Crippen LogP contribution in [0.1, 0.15) is 25.0 Å². The molecule has 0 spiro atoms. The number of benzene rings is 4.